The topological polar surface area (TPSA) is 99.5 Å². The molecule has 1 saturated heterocycles. The summed E-state index contributed by atoms with van der Waals surface area (Å²) in [7, 11) is 0. The van der Waals surface area contributed by atoms with E-state index in [9.17, 15) is 14.7 Å². The molecule has 4 rings (SSSR count). The predicted molar refractivity (Wildman–Crippen MR) is 123 cm³/mol. The summed E-state index contributed by atoms with van der Waals surface area (Å²) >= 11 is 0. The van der Waals surface area contributed by atoms with Crippen LogP contribution in [0.4, 0.5) is 11.5 Å². The maximum atomic E-state index is 13.6. The van der Waals surface area contributed by atoms with E-state index in [-0.39, 0.29) is 17.2 Å². The number of fused-ring (bicyclic) bond motifs is 2. The lowest BCUT2D eigenvalue weighted by atomic mass is 9.79. The molecule has 2 aliphatic rings. The summed E-state index contributed by atoms with van der Waals surface area (Å²) in [5, 5.41) is 20.4. The lowest BCUT2D eigenvalue weighted by Crippen LogP contribution is -2.44. The molecule has 8 nitrogen and oxygen atoms in total. The summed E-state index contributed by atoms with van der Waals surface area (Å²) in [6.07, 6.45) is 2.12. The number of para-hydroxylation sites is 1. The van der Waals surface area contributed by atoms with Gasteiger partial charge in [-0.25, -0.2) is 0 Å². The number of benzene rings is 1. The van der Waals surface area contributed by atoms with Gasteiger partial charge in [-0.15, -0.1) is 0 Å². The van der Waals surface area contributed by atoms with Crippen LogP contribution in [0, 0.1) is 5.41 Å². The van der Waals surface area contributed by atoms with Gasteiger partial charge >= 0.3 is 0 Å². The minimum absolute atomic E-state index is 0.0426. The van der Waals surface area contributed by atoms with Crippen LogP contribution in [-0.2, 0) is 21.5 Å². The third-order valence-electron chi connectivity index (χ3n) is 5.96. The first kappa shape index (κ1) is 22.5. The van der Waals surface area contributed by atoms with E-state index in [0.29, 0.717) is 31.9 Å². The van der Waals surface area contributed by atoms with E-state index < -0.39 is 17.1 Å². The van der Waals surface area contributed by atoms with Gasteiger partial charge in [0.1, 0.15) is 0 Å². The molecular formula is C24H33N5O3. The largest absolute Gasteiger partial charge is 0.389 e. The van der Waals surface area contributed by atoms with Crippen LogP contribution in [0.1, 0.15) is 46.6 Å². The molecule has 8 heteroatoms. The van der Waals surface area contributed by atoms with Gasteiger partial charge in [-0.3, -0.25) is 14.3 Å². The highest BCUT2D eigenvalue weighted by Gasteiger charge is 2.56. The average molecular weight is 440 g/mol. The summed E-state index contributed by atoms with van der Waals surface area (Å²) in [5.41, 5.74) is 0.262. The Bertz CT molecular complexity index is 1030. The van der Waals surface area contributed by atoms with Crippen LogP contribution in [0.5, 0.6) is 0 Å². The number of anilines is 2. The summed E-state index contributed by atoms with van der Waals surface area (Å²) < 4.78 is 1.60. The molecule has 2 unspecified atom stereocenters. The van der Waals surface area contributed by atoms with Crippen molar-refractivity contribution in [2.75, 3.05) is 23.3 Å². The first-order chi connectivity index (χ1) is 14.9. The molecule has 2 aromatic rings. The van der Waals surface area contributed by atoms with Crippen molar-refractivity contribution >= 4 is 23.3 Å². The quantitative estimate of drug-likeness (QED) is 0.664. The Hall–Kier alpha value is -2.71. The first-order valence-corrected chi connectivity index (χ1v) is 11.1. The van der Waals surface area contributed by atoms with E-state index in [4.69, 9.17) is 0 Å². The van der Waals surface area contributed by atoms with Crippen molar-refractivity contribution in [3.63, 3.8) is 0 Å². The molecule has 3 N–H and O–H groups in total. The first-order valence-electron chi connectivity index (χ1n) is 11.1. The Labute approximate surface area is 189 Å². The number of amides is 2. The van der Waals surface area contributed by atoms with E-state index in [0.717, 1.165) is 11.3 Å². The fourth-order valence-corrected chi connectivity index (χ4v) is 4.70. The van der Waals surface area contributed by atoms with Crippen LogP contribution in [0.15, 0.2) is 36.5 Å². The molecule has 2 atom stereocenters. The van der Waals surface area contributed by atoms with Gasteiger partial charge < -0.3 is 20.6 Å². The van der Waals surface area contributed by atoms with Gasteiger partial charge in [0, 0.05) is 31.0 Å². The second kappa shape index (κ2) is 7.71. The molecule has 2 aliphatic heterocycles. The summed E-state index contributed by atoms with van der Waals surface area (Å²) in [5.74, 6) is 0.273. The van der Waals surface area contributed by atoms with Crippen molar-refractivity contribution < 1.29 is 14.7 Å². The smallest absolute Gasteiger partial charge is 0.242 e. The van der Waals surface area contributed by atoms with Crippen LogP contribution in [0.2, 0.25) is 0 Å². The minimum Gasteiger partial charge on any atom is -0.389 e. The Balaban J connectivity index is 1.51. The van der Waals surface area contributed by atoms with Gasteiger partial charge in [0.15, 0.2) is 5.82 Å². The molecule has 0 aliphatic carbocycles. The van der Waals surface area contributed by atoms with Crippen molar-refractivity contribution in [1.82, 2.24) is 15.1 Å². The Morgan fingerprint density at radius 1 is 1.22 bits per heavy atom. The van der Waals surface area contributed by atoms with Gasteiger partial charge in [-0.2, -0.15) is 5.10 Å². The van der Waals surface area contributed by atoms with E-state index >= 15 is 0 Å². The molecule has 1 aromatic carbocycles. The Kier molecular flexibility index (Phi) is 5.41. The third kappa shape index (κ3) is 4.29. The standard InChI is InChI=1S/C24H33N5O3/c1-22(2,3)14-29-18-9-7-6-8-16(18)24(21(29)31)12-17(25-13-24)20(30)26-19-10-11-28(27-19)15-23(4,5)32/h6-11,17,25,32H,12-15H2,1-5H3,(H,26,27,30). The highest BCUT2D eigenvalue weighted by Crippen LogP contribution is 2.47. The molecule has 0 saturated carbocycles. The zero-order valence-electron chi connectivity index (χ0n) is 19.5. The summed E-state index contributed by atoms with van der Waals surface area (Å²) in [4.78, 5) is 28.5. The summed E-state index contributed by atoms with van der Waals surface area (Å²) in [6, 6.07) is 9.12. The fraction of sp³-hybridized carbons (Fsp3) is 0.542. The van der Waals surface area contributed by atoms with Crippen molar-refractivity contribution in [1.29, 1.82) is 0 Å². The molecule has 0 bridgehead atoms. The molecule has 2 amide bonds. The van der Waals surface area contributed by atoms with Crippen molar-refractivity contribution in [2.45, 2.75) is 64.6 Å². The molecule has 3 heterocycles. The van der Waals surface area contributed by atoms with Crippen molar-refractivity contribution in [3.8, 4) is 0 Å². The van der Waals surface area contributed by atoms with Crippen LogP contribution in [0.25, 0.3) is 0 Å². The minimum atomic E-state index is -0.901. The summed E-state index contributed by atoms with van der Waals surface area (Å²) in [6.45, 7) is 11.1. The second-order valence-corrected chi connectivity index (χ2v) is 10.9. The van der Waals surface area contributed by atoms with E-state index in [1.807, 2.05) is 29.2 Å². The molecule has 172 valence electrons. The molecular weight excluding hydrogens is 406 g/mol. The molecule has 1 aromatic heterocycles. The third-order valence-corrected chi connectivity index (χ3v) is 5.96. The van der Waals surface area contributed by atoms with Crippen LogP contribution in [0.3, 0.4) is 0 Å². The lowest BCUT2D eigenvalue weighted by Gasteiger charge is -2.29. The van der Waals surface area contributed by atoms with Crippen LogP contribution < -0.4 is 15.5 Å². The number of aromatic nitrogens is 2. The SMILES string of the molecule is CC(C)(C)CN1C(=O)C2(CNC(C(=O)Nc3ccn(CC(C)(C)O)n3)C2)c2ccccc21. The number of nitrogens with one attached hydrogen (secondary N) is 2. The number of hydrogen-bond acceptors (Lipinski definition) is 5. The van der Waals surface area contributed by atoms with Crippen molar-refractivity contribution in [2.24, 2.45) is 5.41 Å². The molecule has 0 radical (unpaired) electrons. The highest BCUT2D eigenvalue weighted by molar-refractivity contribution is 6.09. The number of aliphatic hydroxyl groups is 1. The maximum Gasteiger partial charge on any atom is 0.242 e. The second-order valence-electron chi connectivity index (χ2n) is 10.9. The number of rotatable bonds is 5. The van der Waals surface area contributed by atoms with Gasteiger partial charge in [-0.1, -0.05) is 39.0 Å². The van der Waals surface area contributed by atoms with Gasteiger partial charge in [0.05, 0.1) is 23.6 Å². The fourth-order valence-electron chi connectivity index (χ4n) is 4.70. The number of nitrogens with zero attached hydrogens (tertiary/aromatic N) is 3. The van der Waals surface area contributed by atoms with E-state index in [1.165, 1.54) is 0 Å². The number of carbonyl (C=O) groups excluding carboxylic acids is 2. The number of carbonyl (C=O) groups is 2. The van der Waals surface area contributed by atoms with Crippen LogP contribution >= 0.6 is 0 Å². The van der Waals surface area contributed by atoms with Gasteiger partial charge in [0.2, 0.25) is 11.8 Å². The Morgan fingerprint density at radius 2 is 1.94 bits per heavy atom. The average Bonchev–Trinajstić information content (AvgIpc) is 3.36. The number of hydrogen-bond donors (Lipinski definition) is 3. The van der Waals surface area contributed by atoms with E-state index in [2.05, 4.69) is 36.5 Å². The molecule has 32 heavy (non-hydrogen) atoms. The zero-order valence-corrected chi connectivity index (χ0v) is 19.5. The van der Waals surface area contributed by atoms with Crippen molar-refractivity contribution in [3.05, 3.63) is 42.1 Å². The molecule has 1 spiro atoms. The van der Waals surface area contributed by atoms with E-state index in [1.54, 1.807) is 30.8 Å². The predicted octanol–water partition coefficient (Wildman–Crippen LogP) is 2.29. The normalized spacial score (nSPS) is 23.1. The highest BCUT2D eigenvalue weighted by atomic mass is 16.3. The zero-order chi connectivity index (χ0) is 23.3. The Morgan fingerprint density at radius 3 is 2.62 bits per heavy atom. The lowest BCUT2D eigenvalue weighted by molar-refractivity contribution is -0.123. The molecule has 1 fully saturated rings. The monoisotopic (exact) mass is 439 g/mol. The van der Waals surface area contributed by atoms with Gasteiger partial charge in [-0.05, 0) is 37.3 Å². The van der Waals surface area contributed by atoms with Crippen LogP contribution in [-0.4, -0.2) is 51.4 Å². The maximum absolute atomic E-state index is 13.6. The van der Waals surface area contributed by atoms with Gasteiger partial charge in [0.25, 0.3) is 0 Å².